The van der Waals surface area contributed by atoms with Crippen molar-refractivity contribution in [3.05, 3.63) is 45.8 Å². The summed E-state index contributed by atoms with van der Waals surface area (Å²) in [7, 11) is 0. The molecule has 0 bridgehead atoms. The van der Waals surface area contributed by atoms with E-state index in [9.17, 15) is 0 Å². The van der Waals surface area contributed by atoms with Gasteiger partial charge >= 0.3 is 0 Å². The van der Waals surface area contributed by atoms with Crippen LogP contribution in [0, 0.1) is 11.3 Å². The summed E-state index contributed by atoms with van der Waals surface area (Å²) in [5.74, 6) is 0.562. The second kappa shape index (κ2) is 5.13. The number of hydrogen-bond donors (Lipinski definition) is 1. The maximum atomic E-state index is 8.60. The van der Waals surface area contributed by atoms with Crippen molar-refractivity contribution in [1.82, 2.24) is 9.97 Å². The lowest BCUT2D eigenvalue weighted by Gasteiger charge is -2.07. The standard InChI is InChI=1S/C11H6BrClN4/c12-9-3-7(13)1-2-10(9)17-11-6-15-8(4-14)5-16-11/h1-3,5-6H,(H,16,17). The number of nitriles is 1. The van der Waals surface area contributed by atoms with E-state index >= 15 is 0 Å². The smallest absolute Gasteiger partial charge is 0.158 e. The summed E-state index contributed by atoms with van der Waals surface area (Å²) in [6, 6.07) is 7.28. The van der Waals surface area contributed by atoms with Gasteiger partial charge in [-0.05, 0) is 34.1 Å². The molecule has 84 valence electrons. The zero-order valence-electron chi connectivity index (χ0n) is 8.48. The quantitative estimate of drug-likeness (QED) is 0.922. The van der Waals surface area contributed by atoms with Crippen molar-refractivity contribution in [2.24, 2.45) is 0 Å². The van der Waals surface area contributed by atoms with Crippen LogP contribution in [0.15, 0.2) is 35.1 Å². The van der Waals surface area contributed by atoms with E-state index in [2.05, 4.69) is 31.2 Å². The van der Waals surface area contributed by atoms with Gasteiger partial charge in [-0.2, -0.15) is 5.26 Å². The molecule has 0 aliphatic carbocycles. The molecular formula is C11H6BrClN4. The highest BCUT2D eigenvalue weighted by Gasteiger charge is 2.02. The molecule has 0 saturated heterocycles. The first-order valence-corrected chi connectivity index (χ1v) is 5.80. The summed E-state index contributed by atoms with van der Waals surface area (Å²) in [6.45, 7) is 0. The van der Waals surface area contributed by atoms with Crippen LogP contribution in [0.5, 0.6) is 0 Å². The number of anilines is 2. The topological polar surface area (TPSA) is 61.6 Å². The first-order chi connectivity index (χ1) is 8.19. The van der Waals surface area contributed by atoms with Gasteiger partial charge in [-0.25, -0.2) is 9.97 Å². The zero-order valence-corrected chi connectivity index (χ0v) is 10.8. The minimum atomic E-state index is 0.283. The normalized spacial score (nSPS) is 9.71. The predicted octanol–water partition coefficient (Wildman–Crippen LogP) is 3.51. The second-order valence-electron chi connectivity index (χ2n) is 3.15. The van der Waals surface area contributed by atoms with Crippen molar-refractivity contribution in [1.29, 1.82) is 5.26 Å². The molecule has 1 aromatic carbocycles. The molecule has 2 aromatic rings. The molecule has 2 rings (SSSR count). The highest BCUT2D eigenvalue weighted by molar-refractivity contribution is 9.10. The fourth-order valence-electron chi connectivity index (χ4n) is 1.18. The summed E-state index contributed by atoms with van der Waals surface area (Å²) in [5.41, 5.74) is 1.11. The molecule has 0 atom stereocenters. The Bertz CT molecular complexity index is 577. The monoisotopic (exact) mass is 308 g/mol. The molecule has 0 fully saturated rings. The molecule has 1 N–H and O–H groups in total. The maximum absolute atomic E-state index is 8.60. The largest absolute Gasteiger partial charge is 0.338 e. The Morgan fingerprint density at radius 1 is 1.29 bits per heavy atom. The van der Waals surface area contributed by atoms with Crippen LogP contribution in [0.3, 0.4) is 0 Å². The van der Waals surface area contributed by atoms with Crippen molar-refractivity contribution in [2.45, 2.75) is 0 Å². The molecule has 4 nitrogen and oxygen atoms in total. The van der Waals surface area contributed by atoms with E-state index in [1.807, 2.05) is 12.1 Å². The molecular weight excluding hydrogens is 304 g/mol. The van der Waals surface area contributed by atoms with E-state index in [1.165, 1.54) is 12.4 Å². The number of hydrogen-bond acceptors (Lipinski definition) is 4. The van der Waals surface area contributed by atoms with Gasteiger partial charge in [0.05, 0.1) is 18.1 Å². The van der Waals surface area contributed by atoms with Crippen molar-refractivity contribution in [3.63, 3.8) is 0 Å². The zero-order chi connectivity index (χ0) is 12.3. The molecule has 0 spiro atoms. The lowest BCUT2D eigenvalue weighted by Crippen LogP contribution is -1.96. The molecule has 17 heavy (non-hydrogen) atoms. The Labute approximate surface area is 111 Å². The van der Waals surface area contributed by atoms with Gasteiger partial charge < -0.3 is 5.32 Å². The molecule has 0 unspecified atom stereocenters. The van der Waals surface area contributed by atoms with Crippen LogP contribution in [-0.4, -0.2) is 9.97 Å². The lowest BCUT2D eigenvalue weighted by molar-refractivity contribution is 1.16. The SMILES string of the molecule is N#Cc1cnc(Nc2ccc(Cl)cc2Br)cn1. The Hall–Kier alpha value is -1.64. The molecule has 6 heteroatoms. The molecule has 0 amide bonds. The Morgan fingerprint density at radius 2 is 2.12 bits per heavy atom. The Kier molecular flexibility index (Phi) is 3.57. The molecule has 0 aliphatic heterocycles. The predicted molar refractivity (Wildman–Crippen MR) is 69.2 cm³/mol. The maximum Gasteiger partial charge on any atom is 0.158 e. The number of rotatable bonds is 2. The fourth-order valence-corrected chi connectivity index (χ4v) is 1.96. The third-order valence-electron chi connectivity index (χ3n) is 1.96. The van der Waals surface area contributed by atoms with E-state index < -0.39 is 0 Å². The highest BCUT2D eigenvalue weighted by Crippen LogP contribution is 2.27. The summed E-state index contributed by atoms with van der Waals surface area (Å²) in [4.78, 5) is 7.97. The van der Waals surface area contributed by atoms with Crippen LogP contribution >= 0.6 is 27.5 Å². The van der Waals surface area contributed by atoms with Crippen molar-refractivity contribution >= 4 is 39.0 Å². The average Bonchev–Trinajstić information content (AvgIpc) is 2.34. The molecule has 0 aliphatic rings. The van der Waals surface area contributed by atoms with Gasteiger partial charge in [0.2, 0.25) is 0 Å². The second-order valence-corrected chi connectivity index (χ2v) is 4.44. The van der Waals surface area contributed by atoms with Crippen LogP contribution in [0.1, 0.15) is 5.69 Å². The van der Waals surface area contributed by atoms with E-state index in [-0.39, 0.29) is 5.69 Å². The number of aromatic nitrogens is 2. The number of halogens is 2. The minimum Gasteiger partial charge on any atom is -0.338 e. The van der Waals surface area contributed by atoms with E-state index in [1.54, 1.807) is 12.1 Å². The Morgan fingerprint density at radius 3 is 2.71 bits per heavy atom. The number of benzene rings is 1. The van der Waals surface area contributed by atoms with Crippen molar-refractivity contribution < 1.29 is 0 Å². The van der Waals surface area contributed by atoms with Gasteiger partial charge in [-0.3, -0.25) is 0 Å². The van der Waals surface area contributed by atoms with Crippen LogP contribution in [-0.2, 0) is 0 Å². The van der Waals surface area contributed by atoms with Crippen molar-refractivity contribution in [2.75, 3.05) is 5.32 Å². The molecule has 0 radical (unpaired) electrons. The lowest BCUT2D eigenvalue weighted by atomic mass is 10.3. The molecule has 1 aromatic heterocycles. The first-order valence-electron chi connectivity index (χ1n) is 4.63. The highest BCUT2D eigenvalue weighted by atomic mass is 79.9. The number of nitrogens with zero attached hydrogens (tertiary/aromatic N) is 3. The molecule has 0 saturated carbocycles. The van der Waals surface area contributed by atoms with Crippen molar-refractivity contribution in [3.8, 4) is 6.07 Å². The van der Waals surface area contributed by atoms with Gasteiger partial charge in [-0.15, -0.1) is 0 Å². The van der Waals surface area contributed by atoms with Gasteiger partial charge in [-0.1, -0.05) is 11.6 Å². The van der Waals surface area contributed by atoms with Crippen LogP contribution < -0.4 is 5.32 Å². The minimum absolute atomic E-state index is 0.283. The molecule has 1 heterocycles. The van der Waals surface area contributed by atoms with Gasteiger partial charge in [0, 0.05) is 9.50 Å². The van der Waals surface area contributed by atoms with E-state index in [0.29, 0.717) is 10.8 Å². The van der Waals surface area contributed by atoms with Gasteiger partial charge in [0.1, 0.15) is 11.9 Å². The summed E-state index contributed by atoms with van der Waals surface area (Å²) < 4.78 is 0.830. The summed E-state index contributed by atoms with van der Waals surface area (Å²) in [6.07, 6.45) is 2.91. The number of nitrogens with one attached hydrogen (secondary N) is 1. The third-order valence-corrected chi connectivity index (χ3v) is 2.85. The van der Waals surface area contributed by atoms with E-state index in [4.69, 9.17) is 16.9 Å². The van der Waals surface area contributed by atoms with Crippen LogP contribution in [0.25, 0.3) is 0 Å². The summed E-state index contributed by atoms with van der Waals surface area (Å²) >= 11 is 9.22. The fraction of sp³-hybridized carbons (Fsp3) is 0. The summed E-state index contributed by atoms with van der Waals surface area (Å²) in [5, 5.41) is 12.3. The first kappa shape index (κ1) is 11.8. The van der Waals surface area contributed by atoms with Gasteiger partial charge in [0.25, 0.3) is 0 Å². The van der Waals surface area contributed by atoms with Crippen LogP contribution in [0.4, 0.5) is 11.5 Å². The van der Waals surface area contributed by atoms with Gasteiger partial charge in [0.15, 0.2) is 5.69 Å². The average molecular weight is 310 g/mol. The van der Waals surface area contributed by atoms with Crippen LogP contribution in [0.2, 0.25) is 5.02 Å². The third kappa shape index (κ3) is 2.93. The Balaban J connectivity index is 2.23. The van der Waals surface area contributed by atoms with E-state index in [0.717, 1.165) is 10.2 Å².